The largest absolute Gasteiger partial charge is 0.481 e. The van der Waals surface area contributed by atoms with Crippen molar-refractivity contribution in [2.45, 2.75) is 38.3 Å². The van der Waals surface area contributed by atoms with Gasteiger partial charge in [-0.2, -0.15) is 0 Å². The Morgan fingerprint density at radius 2 is 2.17 bits per heavy atom. The molecule has 1 N–H and O–H groups in total. The molecule has 1 fully saturated rings. The first-order valence-electron chi connectivity index (χ1n) is 9.80. The highest BCUT2D eigenvalue weighted by atomic mass is 35.5. The van der Waals surface area contributed by atoms with E-state index in [1.807, 2.05) is 22.9 Å². The van der Waals surface area contributed by atoms with Crippen molar-refractivity contribution in [1.82, 2.24) is 14.5 Å². The van der Waals surface area contributed by atoms with Crippen LogP contribution in [0.4, 0.5) is 5.82 Å². The van der Waals surface area contributed by atoms with Gasteiger partial charge in [0.05, 0.1) is 53.3 Å². The van der Waals surface area contributed by atoms with Crippen molar-refractivity contribution >= 4 is 45.9 Å². The van der Waals surface area contributed by atoms with Crippen LogP contribution in [0, 0.1) is 0 Å². The Balaban J connectivity index is 1.73. The van der Waals surface area contributed by atoms with Crippen LogP contribution in [0.5, 0.6) is 0 Å². The molecule has 2 atom stereocenters. The molecule has 0 spiro atoms. The molecule has 0 aliphatic carbocycles. The number of ether oxygens (including phenoxy) is 1. The Hall–Kier alpha value is -2.35. The summed E-state index contributed by atoms with van der Waals surface area (Å²) in [6.07, 6.45) is 7.27. The Bertz CT molecular complexity index is 1060. The minimum absolute atomic E-state index is 0.00458. The summed E-state index contributed by atoms with van der Waals surface area (Å²) in [5.74, 6) is -0.0773. The number of fused-ring (bicyclic) bond motifs is 1. The number of benzene rings is 1. The summed E-state index contributed by atoms with van der Waals surface area (Å²) in [5.41, 5.74) is 1.55. The van der Waals surface area contributed by atoms with E-state index in [0.717, 1.165) is 29.7 Å². The van der Waals surface area contributed by atoms with Crippen LogP contribution in [-0.4, -0.2) is 50.9 Å². The van der Waals surface area contributed by atoms with Crippen molar-refractivity contribution in [3.05, 3.63) is 47.0 Å². The van der Waals surface area contributed by atoms with Crippen LogP contribution in [0.1, 0.15) is 26.2 Å². The number of halogens is 2. The van der Waals surface area contributed by atoms with Crippen LogP contribution in [0.25, 0.3) is 16.6 Å². The monoisotopic (exact) mass is 448 g/mol. The van der Waals surface area contributed by atoms with E-state index in [1.165, 1.54) is 0 Å². The first-order chi connectivity index (χ1) is 14.5. The molecule has 3 aromatic rings. The molecular formula is C21H22Cl2N4O3. The lowest BCUT2D eigenvalue weighted by Gasteiger charge is -2.30. The van der Waals surface area contributed by atoms with Gasteiger partial charge in [0.15, 0.2) is 0 Å². The zero-order valence-electron chi connectivity index (χ0n) is 16.5. The van der Waals surface area contributed by atoms with E-state index in [2.05, 4.69) is 16.8 Å². The van der Waals surface area contributed by atoms with Crippen molar-refractivity contribution < 1.29 is 14.6 Å². The van der Waals surface area contributed by atoms with Gasteiger partial charge in [-0.25, -0.2) is 9.97 Å². The third kappa shape index (κ3) is 4.10. The zero-order chi connectivity index (χ0) is 21.3. The van der Waals surface area contributed by atoms with E-state index in [9.17, 15) is 4.79 Å². The molecule has 9 heteroatoms. The van der Waals surface area contributed by atoms with Gasteiger partial charge < -0.3 is 19.3 Å². The third-order valence-corrected chi connectivity index (χ3v) is 6.24. The molecule has 158 valence electrons. The number of hydrogen-bond acceptors (Lipinski definition) is 5. The molecule has 1 aliphatic heterocycles. The lowest BCUT2D eigenvalue weighted by atomic mass is 10.1. The van der Waals surface area contributed by atoms with E-state index in [-0.39, 0.29) is 25.1 Å². The number of nitrogens with zero attached hydrogens (tertiary/aromatic N) is 4. The molecule has 1 aromatic carbocycles. The Morgan fingerprint density at radius 3 is 2.90 bits per heavy atom. The van der Waals surface area contributed by atoms with Crippen molar-refractivity contribution in [3.63, 3.8) is 0 Å². The maximum atomic E-state index is 10.7. The van der Waals surface area contributed by atoms with Crippen LogP contribution in [-0.2, 0) is 9.53 Å². The third-order valence-electron chi connectivity index (χ3n) is 5.44. The van der Waals surface area contributed by atoms with Crippen molar-refractivity contribution in [2.24, 2.45) is 0 Å². The summed E-state index contributed by atoms with van der Waals surface area (Å²) in [4.78, 5) is 22.0. The number of aliphatic carboxylic acids is 1. The molecule has 0 radical (unpaired) electrons. The molecule has 0 bridgehead atoms. The fourth-order valence-corrected chi connectivity index (χ4v) is 4.34. The number of imidazole rings is 1. The number of carboxylic acids is 1. The number of hydrogen-bond donors (Lipinski definition) is 1. The van der Waals surface area contributed by atoms with Gasteiger partial charge in [-0.05, 0) is 31.9 Å². The Morgan fingerprint density at radius 1 is 1.33 bits per heavy atom. The summed E-state index contributed by atoms with van der Waals surface area (Å²) in [5, 5.41) is 10.6. The second-order valence-electron chi connectivity index (χ2n) is 7.43. The first kappa shape index (κ1) is 20.9. The highest BCUT2D eigenvalue weighted by molar-refractivity contribution is 6.45. The van der Waals surface area contributed by atoms with Crippen LogP contribution in [0.3, 0.4) is 0 Å². The maximum Gasteiger partial charge on any atom is 0.305 e. The fourth-order valence-electron chi connectivity index (χ4n) is 3.98. The standard InChI is InChI=1S/C21H22Cl2N4O3/c1-13-2-3-14(11-30-9-6-19(28)29)27(13)18-10-17(26-8-7-24-12-26)15-4-5-16(22)20(23)21(15)25-18/h4-5,7-8,10,12-14H,2-3,6,9,11H2,1H3,(H,28,29)/t13-,14-/m0/s1. The molecule has 0 unspecified atom stereocenters. The molecule has 2 aromatic heterocycles. The lowest BCUT2D eigenvalue weighted by molar-refractivity contribution is -0.138. The average Bonchev–Trinajstić information content (AvgIpc) is 3.37. The second-order valence-corrected chi connectivity index (χ2v) is 8.22. The average molecular weight is 449 g/mol. The van der Waals surface area contributed by atoms with Gasteiger partial charge >= 0.3 is 5.97 Å². The molecule has 0 amide bonds. The van der Waals surface area contributed by atoms with E-state index in [0.29, 0.717) is 22.2 Å². The van der Waals surface area contributed by atoms with Crippen molar-refractivity contribution in [3.8, 4) is 5.69 Å². The number of pyridine rings is 1. The summed E-state index contributed by atoms with van der Waals surface area (Å²) >= 11 is 12.8. The number of rotatable bonds is 7. The number of aromatic nitrogens is 3. The van der Waals surface area contributed by atoms with E-state index < -0.39 is 5.97 Å². The van der Waals surface area contributed by atoms with E-state index in [1.54, 1.807) is 18.6 Å². The minimum Gasteiger partial charge on any atom is -0.481 e. The maximum absolute atomic E-state index is 10.7. The van der Waals surface area contributed by atoms with Gasteiger partial charge in [-0.1, -0.05) is 23.2 Å². The summed E-state index contributed by atoms with van der Waals surface area (Å²) in [7, 11) is 0. The predicted molar refractivity (Wildman–Crippen MR) is 117 cm³/mol. The summed E-state index contributed by atoms with van der Waals surface area (Å²) < 4.78 is 7.58. The fraction of sp³-hybridized carbons (Fsp3) is 0.381. The smallest absolute Gasteiger partial charge is 0.305 e. The number of carboxylic acid groups (broad SMARTS) is 1. The molecule has 0 saturated carbocycles. The van der Waals surface area contributed by atoms with Gasteiger partial charge in [0, 0.05) is 29.9 Å². The topological polar surface area (TPSA) is 80.5 Å². The molecule has 7 nitrogen and oxygen atoms in total. The minimum atomic E-state index is -0.862. The molecular weight excluding hydrogens is 427 g/mol. The quantitative estimate of drug-likeness (QED) is 0.532. The van der Waals surface area contributed by atoms with Gasteiger partial charge in [-0.3, -0.25) is 4.79 Å². The first-order valence-corrected chi connectivity index (χ1v) is 10.6. The number of carbonyl (C=O) groups is 1. The number of anilines is 1. The van der Waals surface area contributed by atoms with Gasteiger partial charge in [0.2, 0.25) is 0 Å². The van der Waals surface area contributed by atoms with Crippen LogP contribution in [0.15, 0.2) is 36.9 Å². The Kier molecular flexibility index (Phi) is 6.13. The SMILES string of the molecule is C[C@H]1CC[C@@H](COCCC(=O)O)N1c1cc(-n2ccnc2)c2ccc(Cl)c(Cl)c2n1. The van der Waals surface area contributed by atoms with Crippen LogP contribution < -0.4 is 4.90 Å². The highest BCUT2D eigenvalue weighted by Crippen LogP contribution is 2.37. The molecule has 1 aliphatic rings. The zero-order valence-corrected chi connectivity index (χ0v) is 18.0. The van der Waals surface area contributed by atoms with E-state index >= 15 is 0 Å². The highest BCUT2D eigenvalue weighted by Gasteiger charge is 2.32. The molecule has 4 rings (SSSR count). The lowest BCUT2D eigenvalue weighted by Crippen LogP contribution is -2.38. The van der Waals surface area contributed by atoms with Crippen molar-refractivity contribution in [2.75, 3.05) is 18.1 Å². The van der Waals surface area contributed by atoms with Gasteiger partial charge in [0.25, 0.3) is 0 Å². The normalized spacial score (nSPS) is 19.0. The molecule has 30 heavy (non-hydrogen) atoms. The molecule has 1 saturated heterocycles. The van der Waals surface area contributed by atoms with Crippen molar-refractivity contribution in [1.29, 1.82) is 0 Å². The molecule has 3 heterocycles. The van der Waals surface area contributed by atoms with E-state index in [4.69, 9.17) is 38.0 Å². The van der Waals surface area contributed by atoms with Gasteiger partial charge in [0.1, 0.15) is 5.82 Å². The second kappa shape index (κ2) is 8.79. The van der Waals surface area contributed by atoms with Gasteiger partial charge in [-0.15, -0.1) is 0 Å². The van der Waals surface area contributed by atoms with Crippen LogP contribution >= 0.6 is 23.2 Å². The predicted octanol–water partition coefficient (Wildman–Crippen LogP) is 4.58. The summed E-state index contributed by atoms with van der Waals surface area (Å²) in [6, 6.07) is 6.07. The van der Waals surface area contributed by atoms with Crippen LogP contribution in [0.2, 0.25) is 10.0 Å². The summed E-state index contributed by atoms with van der Waals surface area (Å²) in [6.45, 7) is 2.79. The Labute approximate surface area is 184 Å².